The van der Waals surface area contributed by atoms with Gasteiger partial charge < -0.3 is 10.6 Å². The van der Waals surface area contributed by atoms with Crippen LogP contribution in [0.1, 0.15) is 18.9 Å². The second kappa shape index (κ2) is 6.14. The lowest BCUT2D eigenvalue weighted by Crippen LogP contribution is -2.28. The highest BCUT2D eigenvalue weighted by atomic mass is 16.1. The molecule has 0 unspecified atom stereocenters. The molecule has 0 aromatic carbocycles. The molecule has 0 saturated carbocycles. The topological polar surface area (TPSA) is 54.0 Å². The lowest BCUT2D eigenvalue weighted by Gasteiger charge is -2.05. The molecule has 1 rings (SSSR count). The summed E-state index contributed by atoms with van der Waals surface area (Å²) in [4.78, 5) is 15.4. The predicted octanol–water partition coefficient (Wildman–Crippen LogP) is 1.33. The van der Waals surface area contributed by atoms with Crippen molar-refractivity contribution < 1.29 is 4.79 Å². The molecule has 0 bridgehead atoms. The maximum Gasteiger partial charge on any atom is 0.238 e. The molecular weight excluding hydrogens is 190 g/mol. The van der Waals surface area contributed by atoms with Crippen molar-refractivity contribution in [1.29, 1.82) is 0 Å². The number of amides is 1. The fourth-order valence-electron chi connectivity index (χ4n) is 1.21. The van der Waals surface area contributed by atoms with Crippen molar-refractivity contribution in [1.82, 2.24) is 10.3 Å². The van der Waals surface area contributed by atoms with E-state index in [2.05, 4.69) is 22.5 Å². The largest absolute Gasteiger partial charge is 0.324 e. The Kier molecular flexibility index (Phi) is 4.77. The maximum absolute atomic E-state index is 11.4. The van der Waals surface area contributed by atoms with Crippen molar-refractivity contribution in [3.8, 4) is 0 Å². The van der Waals surface area contributed by atoms with Gasteiger partial charge in [0.15, 0.2) is 0 Å². The molecule has 15 heavy (non-hydrogen) atoms. The monoisotopic (exact) mass is 207 g/mol. The van der Waals surface area contributed by atoms with Gasteiger partial charge in [-0.3, -0.25) is 9.78 Å². The fourth-order valence-corrected chi connectivity index (χ4v) is 1.21. The van der Waals surface area contributed by atoms with Crippen LogP contribution in [0.15, 0.2) is 18.5 Å². The third kappa shape index (κ3) is 4.56. The Morgan fingerprint density at radius 1 is 1.47 bits per heavy atom. The highest BCUT2D eigenvalue weighted by molar-refractivity contribution is 5.92. The first-order valence-corrected chi connectivity index (χ1v) is 5.14. The zero-order chi connectivity index (χ0) is 11.1. The zero-order valence-electron chi connectivity index (χ0n) is 9.21. The molecule has 1 aromatic heterocycles. The summed E-state index contributed by atoms with van der Waals surface area (Å²) in [6, 6.07) is 1.89. The molecule has 4 heteroatoms. The molecule has 1 amide bonds. The molecule has 0 radical (unpaired) electrons. The summed E-state index contributed by atoms with van der Waals surface area (Å²) in [6.07, 6.45) is 4.43. The molecule has 0 fully saturated rings. The van der Waals surface area contributed by atoms with Gasteiger partial charge in [-0.15, -0.1) is 0 Å². The molecule has 1 heterocycles. The summed E-state index contributed by atoms with van der Waals surface area (Å²) in [5.74, 6) is -0.0316. The molecule has 2 N–H and O–H groups in total. The van der Waals surface area contributed by atoms with Crippen molar-refractivity contribution >= 4 is 11.6 Å². The number of pyridine rings is 1. The highest BCUT2D eigenvalue weighted by Gasteiger charge is 2.01. The Labute approximate surface area is 90.1 Å². The van der Waals surface area contributed by atoms with Gasteiger partial charge in [-0.2, -0.15) is 0 Å². The van der Waals surface area contributed by atoms with Crippen molar-refractivity contribution in [3.05, 3.63) is 24.0 Å². The third-order valence-electron chi connectivity index (χ3n) is 1.87. The van der Waals surface area contributed by atoms with Crippen molar-refractivity contribution in [3.63, 3.8) is 0 Å². The summed E-state index contributed by atoms with van der Waals surface area (Å²) in [7, 11) is 0. The molecule has 4 nitrogen and oxygen atoms in total. The van der Waals surface area contributed by atoms with E-state index in [0.717, 1.165) is 24.2 Å². The van der Waals surface area contributed by atoms with Gasteiger partial charge in [0.1, 0.15) is 0 Å². The summed E-state index contributed by atoms with van der Waals surface area (Å²) in [5.41, 5.74) is 1.78. The fraction of sp³-hybridized carbons (Fsp3) is 0.455. The minimum Gasteiger partial charge on any atom is -0.324 e. The second-order valence-electron chi connectivity index (χ2n) is 3.48. The van der Waals surface area contributed by atoms with E-state index in [1.54, 1.807) is 12.4 Å². The molecule has 82 valence electrons. The molecule has 0 saturated heterocycles. The van der Waals surface area contributed by atoms with Gasteiger partial charge in [-0.25, -0.2) is 0 Å². The average Bonchev–Trinajstić information content (AvgIpc) is 2.18. The summed E-state index contributed by atoms with van der Waals surface area (Å²) < 4.78 is 0. The van der Waals surface area contributed by atoms with Crippen LogP contribution in [0.5, 0.6) is 0 Å². The van der Waals surface area contributed by atoms with E-state index >= 15 is 0 Å². The molecule has 0 aliphatic carbocycles. The number of anilines is 1. The van der Waals surface area contributed by atoms with Gasteiger partial charge in [0.25, 0.3) is 0 Å². The lowest BCUT2D eigenvalue weighted by atomic mass is 10.3. The number of hydrogen-bond acceptors (Lipinski definition) is 3. The number of hydrogen-bond donors (Lipinski definition) is 2. The van der Waals surface area contributed by atoms with E-state index < -0.39 is 0 Å². The Hall–Kier alpha value is -1.42. The van der Waals surface area contributed by atoms with E-state index in [4.69, 9.17) is 0 Å². The number of nitrogens with one attached hydrogen (secondary N) is 2. The summed E-state index contributed by atoms with van der Waals surface area (Å²) in [6.45, 7) is 5.22. The molecule has 0 aliphatic heterocycles. The van der Waals surface area contributed by atoms with Crippen LogP contribution >= 0.6 is 0 Å². The van der Waals surface area contributed by atoms with Crippen LogP contribution in [0, 0.1) is 6.92 Å². The van der Waals surface area contributed by atoms with E-state index in [-0.39, 0.29) is 5.91 Å². The van der Waals surface area contributed by atoms with Crippen molar-refractivity contribution in [2.24, 2.45) is 0 Å². The SMILES string of the molecule is CCCNCC(=O)Nc1cncc(C)c1. The third-order valence-corrected chi connectivity index (χ3v) is 1.87. The number of carbonyl (C=O) groups is 1. The lowest BCUT2D eigenvalue weighted by molar-refractivity contribution is -0.115. The van der Waals surface area contributed by atoms with Crippen LogP contribution in [-0.2, 0) is 4.79 Å². The highest BCUT2D eigenvalue weighted by Crippen LogP contribution is 2.06. The molecule has 0 spiro atoms. The molecule has 0 atom stereocenters. The Balaban J connectivity index is 2.37. The first-order valence-electron chi connectivity index (χ1n) is 5.14. The van der Waals surface area contributed by atoms with E-state index in [0.29, 0.717) is 6.54 Å². The molecular formula is C11H17N3O. The molecule has 0 aliphatic rings. The Morgan fingerprint density at radius 2 is 2.27 bits per heavy atom. The van der Waals surface area contributed by atoms with Crippen LogP contribution in [0.4, 0.5) is 5.69 Å². The van der Waals surface area contributed by atoms with E-state index in [1.807, 2.05) is 13.0 Å². The van der Waals surface area contributed by atoms with Crippen molar-refractivity contribution in [2.75, 3.05) is 18.4 Å². The first kappa shape index (κ1) is 11.7. The number of aryl methyl sites for hydroxylation is 1. The second-order valence-corrected chi connectivity index (χ2v) is 3.48. The predicted molar refractivity (Wildman–Crippen MR) is 60.8 cm³/mol. The van der Waals surface area contributed by atoms with Crippen LogP contribution < -0.4 is 10.6 Å². The van der Waals surface area contributed by atoms with Crippen LogP contribution in [0.2, 0.25) is 0 Å². The van der Waals surface area contributed by atoms with Gasteiger partial charge in [0, 0.05) is 6.20 Å². The minimum atomic E-state index is -0.0316. The van der Waals surface area contributed by atoms with Gasteiger partial charge in [-0.1, -0.05) is 6.92 Å². The van der Waals surface area contributed by atoms with Crippen LogP contribution in [0.3, 0.4) is 0 Å². The summed E-state index contributed by atoms with van der Waals surface area (Å²) >= 11 is 0. The minimum absolute atomic E-state index is 0.0316. The average molecular weight is 207 g/mol. The van der Waals surface area contributed by atoms with Crippen molar-refractivity contribution in [2.45, 2.75) is 20.3 Å². The number of nitrogens with zero attached hydrogens (tertiary/aromatic N) is 1. The number of aromatic nitrogens is 1. The smallest absolute Gasteiger partial charge is 0.238 e. The standard InChI is InChI=1S/C11H17N3O/c1-3-4-12-8-11(15)14-10-5-9(2)6-13-7-10/h5-7,12H,3-4,8H2,1-2H3,(H,14,15). The maximum atomic E-state index is 11.4. The zero-order valence-corrected chi connectivity index (χ0v) is 9.21. The first-order chi connectivity index (χ1) is 7.22. The summed E-state index contributed by atoms with van der Waals surface area (Å²) in [5, 5.41) is 5.81. The Morgan fingerprint density at radius 3 is 2.93 bits per heavy atom. The number of rotatable bonds is 5. The van der Waals surface area contributed by atoms with Gasteiger partial charge in [0.2, 0.25) is 5.91 Å². The van der Waals surface area contributed by atoms with E-state index in [9.17, 15) is 4.79 Å². The normalized spacial score (nSPS) is 10.0. The quantitative estimate of drug-likeness (QED) is 0.716. The van der Waals surface area contributed by atoms with Gasteiger partial charge >= 0.3 is 0 Å². The van der Waals surface area contributed by atoms with E-state index in [1.165, 1.54) is 0 Å². The van der Waals surface area contributed by atoms with Crippen LogP contribution in [0.25, 0.3) is 0 Å². The van der Waals surface area contributed by atoms with Gasteiger partial charge in [0.05, 0.1) is 18.4 Å². The van der Waals surface area contributed by atoms with Crippen LogP contribution in [-0.4, -0.2) is 24.0 Å². The van der Waals surface area contributed by atoms with Gasteiger partial charge in [-0.05, 0) is 31.5 Å². The Bertz CT molecular complexity index is 325. The molecule has 1 aromatic rings. The number of carbonyl (C=O) groups excluding carboxylic acids is 1.